The van der Waals surface area contributed by atoms with Crippen LogP contribution in [0.1, 0.15) is 11.4 Å². The first kappa shape index (κ1) is 12.9. The number of nitrogens with one attached hydrogen (secondary N) is 1. The van der Waals surface area contributed by atoms with Gasteiger partial charge in [0.1, 0.15) is 23.8 Å². The fraction of sp³-hybridized carbons (Fsp3) is 0.0833. The summed E-state index contributed by atoms with van der Waals surface area (Å²) in [5.74, 6) is 0.855. The van der Waals surface area contributed by atoms with Gasteiger partial charge in [0.25, 0.3) is 5.96 Å². The van der Waals surface area contributed by atoms with Crippen molar-refractivity contribution in [1.29, 1.82) is 0 Å². The second-order valence-corrected chi connectivity index (χ2v) is 4.20. The maximum Gasteiger partial charge on any atom is 0.266 e. The van der Waals surface area contributed by atoms with Gasteiger partial charge in [0.2, 0.25) is 0 Å². The number of hydrogen-bond donors (Lipinski definition) is 2. The monoisotopic (exact) mass is 286 g/mol. The third-order valence-corrected chi connectivity index (χ3v) is 2.66. The molecule has 9 heteroatoms. The van der Waals surface area contributed by atoms with Crippen LogP contribution >= 0.6 is 0 Å². The molecule has 2 aromatic rings. The number of aromatic nitrogens is 3. The number of amidine groups is 1. The van der Waals surface area contributed by atoms with Crippen LogP contribution in [-0.4, -0.2) is 32.8 Å². The van der Waals surface area contributed by atoms with Crippen LogP contribution in [0.2, 0.25) is 0 Å². The topological polar surface area (TPSA) is 106 Å². The molecule has 0 aliphatic carbocycles. The average molecular weight is 286 g/mol. The third kappa shape index (κ3) is 2.91. The van der Waals surface area contributed by atoms with E-state index in [1.54, 1.807) is 12.1 Å². The van der Waals surface area contributed by atoms with E-state index in [1.807, 2.05) is 0 Å². The lowest BCUT2D eigenvalue weighted by atomic mass is 10.2. The molecule has 3 rings (SSSR count). The van der Waals surface area contributed by atoms with Crippen LogP contribution in [0.15, 0.2) is 45.9 Å². The fourth-order valence-electron chi connectivity index (χ4n) is 1.74. The Morgan fingerprint density at radius 1 is 1.38 bits per heavy atom. The minimum atomic E-state index is -0.332. The van der Waals surface area contributed by atoms with Crippen molar-refractivity contribution in [2.24, 2.45) is 21.0 Å². The van der Waals surface area contributed by atoms with Crippen LogP contribution in [-0.2, 0) is 6.42 Å². The van der Waals surface area contributed by atoms with Gasteiger partial charge in [0.05, 0.1) is 12.6 Å². The minimum absolute atomic E-state index is 0.260. The number of nitrogens with two attached hydrogens (primary N) is 1. The van der Waals surface area contributed by atoms with E-state index in [0.717, 1.165) is 0 Å². The molecule has 21 heavy (non-hydrogen) atoms. The summed E-state index contributed by atoms with van der Waals surface area (Å²) >= 11 is 0. The quantitative estimate of drug-likeness (QED) is 0.602. The highest BCUT2D eigenvalue weighted by Gasteiger charge is 2.14. The van der Waals surface area contributed by atoms with Crippen LogP contribution in [0.25, 0.3) is 0 Å². The molecule has 1 aromatic carbocycles. The van der Waals surface area contributed by atoms with Crippen molar-refractivity contribution in [3.63, 3.8) is 0 Å². The van der Waals surface area contributed by atoms with Gasteiger partial charge in [-0.3, -0.25) is 0 Å². The lowest BCUT2D eigenvalue weighted by Gasteiger charge is -2.03. The highest BCUT2D eigenvalue weighted by Crippen LogP contribution is 2.02. The predicted octanol–water partition coefficient (Wildman–Crippen LogP) is 0.0733. The van der Waals surface area contributed by atoms with Crippen molar-refractivity contribution in [1.82, 2.24) is 20.2 Å². The third-order valence-electron chi connectivity index (χ3n) is 2.66. The van der Waals surface area contributed by atoms with Crippen LogP contribution in [0, 0.1) is 5.82 Å². The molecule has 0 bridgehead atoms. The first-order chi connectivity index (χ1) is 10.2. The zero-order chi connectivity index (χ0) is 14.7. The minimum Gasteiger partial charge on any atom is -0.385 e. The predicted molar refractivity (Wildman–Crippen MR) is 75.3 cm³/mol. The molecule has 8 nitrogen and oxygen atoms in total. The first-order valence-corrected chi connectivity index (χ1v) is 6.06. The maximum atomic E-state index is 13.0. The van der Waals surface area contributed by atoms with Gasteiger partial charge < -0.3 is 5.73 Å². The summed E-state index contributed by atoms with van der Waals surface area (Å²) in [5, 5.41) is 15.7. The zero-order valence-corrected chi connectivity index (χ0v) is 10.8. The molecule has 3 N–H and O–H groups in total. The molecule has 0 fully saturated rings. The standard InChI is InChI=1S/C12H11FN8/c13-9-3-1-2-8(4-9)6-16-19-12-20-18-10(14)5-11-15-7-17-21(11)12/h1-4,6-7H,5H2,(H2,14,18)(H,19,20). The Balaban J connectivity index is 1.79. The Morgan fingerprint density at radius 2 is 2.29 bits per heavy atom. The summed E-state index contributed by atoms with van der Waals surface area (Å²) in [6.07, 6.45) is 3.20. The van der Waals surface area contributed by atoms with Gasteiger partial charge in [0, 0.05) is 0 Å². The lowest BCUT2D eigenvalue weighted by molar-refractivity contribution is 0.627. The van der Waals surface area contributed by atoms with Gasteiger partial charge >= 0.3 is 0 Å². The number of benzene rings is 1. The molecule has 0 radical (unpaired) electrons. The van der Waals surface area contributed by atoms with E-state index in [-0.39, 0.29) is 11.8 Å². The van der Waals surface area contributed by atoms with Gasteiger partial charge in [-0.25, -0.2) is 14.8 Å². The van der Waals surface area contributed by atoms with Crippen molar-refractivity contribution in [3.8, 4) is 0 Å². The SMILES string of the molecule is NC1=NN=C(NN=Cc2cccc(F)c2)n2ncnc2C1. The summed E-state index contributed by atoms with van der Waals surface area (Å²) in [6, 6.07) is 6.04. The van der Waals surface area contributed by atoms with E-state index in [9.17, 15) is 4.39 Å². The molecule has 1 aromatic heterocycles. The van der Waals surface area contributed by atoms with Crippen molar-refractivity contribution in [3.05, 3.63) is 47.8 Å². The normalized spacial score (nSPS) is 14.3. The van der Waals surface area contributed by atoms with E-state index < -0.39 is 0 Å². The molecule has 0 amide bonds. The molecule has 2 heterocycles. The number of fused-ring (bicyclic) bond motifs is 1. The number of nitrogens with zero attached hydrogens (tertiary/aromatic N) is 6. The maximum absolute atomic E-state index is 13.0. The zero-order valence-electron chi connectivity index (χ0n) is 10.8. The molecule has 0 spiro atoms. The molecule has 0 saturated heterocycles. The van der Waals surface area contributed by atoms with E-state index in [1.165, 1.54) is 29.4 Å². The summed E-state index contributed by atoms with van der Waals surface area (Å²) in [5.41, 5.74) is 8.96. The summed E-state index contributed by atoms with van der Waals surface area (Å²) in [6.45, 7) is 0. The van der Waals surface area contributed by atoms with Crippen molar-refractivity contribution in [2.75, 3.05) is 0 Å². The first-order valence-electron chi connectivity index (χ1n) is 6.06. The van der Waals surface area contributed by atoms with E-state index in [0.29, 0.717) is 23.6 Å². The molecule has 106 valence electrons. The average Bonchev–Trinajstić information content (AvgIpc) is 2.85. The number of rotatable bonds is 2. The number of hydrogen-bond acceptors (Lipinski definition) is 7. The summed E-state index contributed by atoms with van der Waals surface area (Å²) in [7, 11) is 0. The van der Waals surface area contributed by atoms with Gasteiger partial charge in [-0.1, -0.05) is 12.1 Å². The smallest absolute Gasteiger partial charge is 0.266 e. The Hall–Kier alpha value is -3.10. The fourth-order valence-corrected chi connectivity index (χ4v) is 1.74. The van der Waals surface area contributed by atoms with E-state index in [4.69, 9.17) is 5.73 Å². The van der Waals surface area contributed by atoms with Gasteiger partial charge in [-0.05, 0) is 17.7 Å². The van der Waals surface area contributed by atoms with Crippen molar-refractivity contribution in [2.45, 2.75) is 6.42 Å². The van der Waals surface area contributed by atoms with Crippen molar-refractivity contribution >= 4 is 18.0 Å². The Morgan fingerprint density at radius 3 is 3.14 bits per heavy atom. The molecule has 0 saturated carbocycles. The molecular weight excluding hydrogens is 275 g/mol. The number of hydrazone groups is 1. The Labute approximate surface area is 118 Å². The lowest BCUT2D eigenvalue weighted by Crippen LogP contribution is -2.28. The van der Waals surface area contributed by atoms with Crippen LogP contribution < -0.4 is 11.2 Å². The second kappa shape index (κ2) is 5.49. The van der Waals surface area contributed by atoms with Gasteiger partial charge in [0.15, 0.2) is 0 Å². The molecule has 0 atom stereocenters. The molecule has 0 unspecified atom stereocenters. The number of halogens is 1. The Bertz CT molecular complexity index is 745. The second-order valence-electron chi connectivity index (χ2n) is 4.20. The highest BCUT2D eigenvalue weighted by atomic mass is 19.1. The van der Waals surface area contributed by atoms with Crippen LogP contribution in [0.5, 0.6) is 0 Å². The summed E-state index contributed by atoms with van der Waals surface area (Å²) in [4.78, 5) is 4.06. The largest absolute Gasteiger partial charge is 0.385 e. The van der Waals surface area contributed by atoms with Crippen LogP contribution in [0.4, 0.5) is 4.39 Å². The molecule has 1 aliphatic heterocycles. The molecular formula is C12H11FN8. The van der Waals surface area contributed by atoms with Crippen molar-refractivity contribution < 1.29 is 4.39 Å². The Kier molecular flexibility index (Phi) is 3.37. The van der Waals surface area contributed by atoms with Crippen LogP contribution in [0.3, 0.4) is 0 Å². The van der Waals surface area contributed by atoms with E-state index in [2.05, 4.69) is 30.8 Å². The van der Waals surface area contributed by atoms with Gasteiger partial charge in [-0.15, -0.1) is 10.2 Å². The van der Waals surface area contributed by atoms with E-state index >= 15 is 0 Å². The van der Waals surface area contributed by atoms with Gasteiger partial charge in [-0.2, -0.15) is 14.9 Å². The summed E-state index contributed by atoms with van der Waals surface area (Å²) < 4.78 is 14.5. The highest BCUT2D eigenvalue weighted by molar-refractivity contribution is 5.89. The molecule has 1 aliphatic rings.